The van der Waals surface area contributed by atoms with E-state index in [1.54, 1.807) is 31.4 Å². The number of benzene rings is 2. The summed E-state index contributed by atoms with van der Waals surface area (Å²) in [7, 11) is 3.03. The maximum atomic E-state index is 14.2. The highest BCUT2D eigenvalue weighted by Crippen LogP contribution is 2.28. The van der Waals surface area contributed by atoms with Gasteiger partial charge in [0.1, 0.15) is 29.6 Å². The summed E-state index contributed by atoms with van der Waals surface area (Å²) in [6.45, 7) is 4.87. The minimum absolute atomic E-state index is 0.0169. The monoisotopic (exact) mass is 636 g/mol. The number of ether oxygens (including phenoxy) is 3. The van der Waals surface area contributed by atoms with Gasteiger partial charge in [-0.2, -0.15) is 10.2 Å². The molecule has 1 aliphatic rings. The number of methoxy groups -OCH3 is 2. The topological polar surface area (TPSA) is 106 Å². The van der Waals surface area contributed by atoms with E-state index in [4.69, 9.17) is 24.5 Å². The van der Waals surface area contributed by atoms with E-state index in [2.05, 4.69) is 35.3 Å². The quantitative estimate of drug-likeness (QED) is 0.232. The lowest BCUT2D eigenvalue weighted by atomic mass is 10.1. The zero-order valence-electron chi connectivity index (χ0n) is 23.3. The zero-order chi connectivity index (χ0) is 29.6. The third-order valence-electron chi connectivity index (χ3n) is 7.15. The summed E-state index contributed by atoms with van der Waals surface area (Å²) in [5.41, 5.74) is 2.71. The zero-order valence-corrected chi connectivity index (χ0v) is 24.9. The van der Waals surface area contributed by atoms with Gasteiger partial charge in [-0.25, -0.2) is 14.2 Å². The molecule has 0 bridgehead atoms. The predicted molar refractivity (Wildman–Crippen MR) is 158 cm³/mol. The number of fused-ring (bicyclic) bond motifs is 1. The molecule has 3 heterocycles. The number of imidazole rings is 1. The highest BCUT2D eigenvalue weighted by molar-refractivity contribution is 9.10. The molecule has 0 aliphatic carbocycles. The van der Waals surface area contributed by atoms with Gasteiger partial charge in [-0.05, 0) is 46.3 Å². The Balaban J connectivity index is 1.25. The average Bonchev–Trinajstić information content (AvgIpc) is 3.36. The number of carbonyl (C=O) groups excluding carboxylic acids is 1. The smallest absolute Gasteiger partial charge is 0.337 e. The second kappa shape index (κ2) is 13.3. The van der Waals surface area contributed by atoms with Crippen LogP contribution in [0.5, 0.6) is 5.88 Å². The molecule has 10 nitrogen and oxygen atoms in total. The Labute approximate surface area is 251 Å². The number of nitriles is 1. The van der Waals surface area contributed by atoms with Crippen molar-refractivity contribution in [3.8, 4) is 11.9 Å². The molecule has 42 heavy (non-hydrogen) atoms. The number of piperazine rings is 1. The van der Waals surface area contributed by atoms with Gasteiger partial charge in [0.25, 0.3) is 0 Å². The van der Waals surface area contributed by atoms with Gasteiger partial charge in [0.2, 0.25) is 5.88 Å². The van der Waals surface area contributed by atoms with Crippen LogP contribution in [0.3, 0.4) is 0 Å². The molecule has 4 aromatic rings. The van der Waals surface area contributed by atoms with Crippen LogP contribution in [0, 0.1) is 17.1 Å². The third kappa shape index (κ3) is 6.54. The van der Waals surface area contributed by atoms with E-state index in [9.17, 15) is 9.18 Å². The van der Waals surface area contributed by atoms with E-state index < -0.39 is 11.8 Å². The Bertz CT molecular complexity index is 1630. The molecule has 2 aromatic carbocycles. The van der Waals surface area contributed by atoms with Crippen molar-refractivity contribution in [2.45, 2.75) is 19.7 Å². The molecule has 0 N–H and O–H groups in total. The summed E-state index contributed by atoms with van der Waals surface area (Å²) in [5, 5.41) is 8.93. The number of halogens is 2. The molecule has 1 saturated heterocycles. The number of carbonyl (C=O) groups is 1. The molecule has 12 heteroatoms. The summed E-state index contributed by atoms with van der Waals surface area (Å²) in [6, 6.07) is 15.3. The van der Waals surface area contributed by atoms with E-state index >= 15 is 0 Å². The van der Waals surface area contributed by atoms with Gasteiger partial charge in [0.05, 0.1) is 43.0 Å². The Kier molecular flexibility index (Phi) is 9.31. The second-order valence-corrected chi connectivity index (χ2v) is 10.6. The molecule has 0 unspecified atom stereocenters. The molecule has 5 rings (SSSR count). The van der Waals surface area contributed by atoms with Crippen molar-refractivity contribution in [2.24, 2.45) is 0 Å². The van der Waals surface area contributed by atoms with Crippen LogP contribution in [0.15, 0.2) is 53.0 Å². The molecule has 0 atom stereocenters. The molecule has 2 aromatic heterocycles. The van der Waals surface area contributed by atoms with Crippen LogP contribution < -0.4 is 9.64 Å². The number of rotatable bonds is 10. The number of esters is 1. The number of hydrogen-bond donors (Lipinski definition) is 0. The SMILES string of the molecule is COCCn1c(CN2CCN(c3cccc(OCc4ccc(C#N)cc4F)n3)CC2)nc2c(Br)cc(C(=O)OC)cc21. The van der Waals surface area contributed by atoms with E-state index in [0.29, 0.717) is 36.7 Å². The van der Waals surface area contributed by atoms with Crippen LogP contribution in [-0.2, 0) is 29.2 Å². The van der Waals surface area contributed by atoms with Crippen molar-refractivity contribution >= 4 is 38.8 Å². The first-order valence-corrected chi connectivity index (χ1v) is 14.2. The maximum absolute atomic E-state index is 14.2. The molecule has 1 fully saturated rings. The minimum atomic E-state index is -0.478. The molecular weight excluding hydrogens is 607 g/mol. The Morgan fingerprint density at radius 2 is 1.90 bits per heavy atom. The van der Waals surface area contributed by atoms with Gasteiger partial charge in [-0.1, -0.05) is 12.1 Å². The summed E-state index contributed by atoms with van der Waals surface area (Å²) in [5.74, 6) is 1.20. The number of aromatic nitrogens is 3. The standard InChI is InChI=1S/C30H30BrFN6O4/c1-40-13-12-38-25-16-22(30(39)41-2)15-23(31)29(25)35-27(38)18-36-8-10-37(11-9-36)26-4-3-5-28(34-26)42-19-21-7-6-20(17-33)14-24(21)32/h3-7,14-16H,8-13,18-19H2,1-2H3. The van der Waals surface area contributed by atoms with Crippen LogP contribution in [0.25, 0.3) is 11.0 Å². The van der Waals surface area contributed by atoms with Crippen LogP contribution in [0.1, 0.15) is 27.3 Å². The maximum Gasteiger partial charge on any atom is 0.337 e. The Hall–Kier alpha value is -4.05. The average molecular weight is 638 g/mol. The van der Waals surface area contributed by atoms with Gasteiger partial charge in [-0.3, -0.25) is 4.90 Å². The number of hydrogen-bond acceptors (Lipinski definition) is 9. The summed E-state index contributed by atoms with van der Waals surface area (Å²) >= 11 is 3.58. The van der Waals surface area contributed by atoms with E-state index in [1.165, 1.54) is 13.2 Å². The van der Waals surface area contributed by atoms with Gasteiger partial charge in [0.15, 0.2) is 0 Å². The fourth-order valence-corrected chi connectivity index (χ4v) is 5.44. The first kappa shape index (κ1) is 29.4. The highest BCUT2D eigenvalue weighted by atomic mass is 79.9. The van der Waals surface area contributed by atoms with Gasteiger partial charge in [0, 0.05) is 55.9 Å². The van der Waals surface area contributed by atoms with Crippen LogP contribution in [0.4, 0.5) is 10.2 Å². The Morgan fingerprint density at radius 1 is 1.10 bits per heavy atom. The molecule has 0 amide bonds. The predicted octanol–water partition coefficient (Wildman–Crippen LogP) is 4.54. The second-order valence-electron chi connectivity index (χ2n) is 9.79. The summed E-state index contributed by atoms with van der Waals surface area (Å²) in [6.07, 6.45) is 0. The number of anilines is 1. The molecule has 0 radical (unpaired) electrons. The molecule has 1 aliphatic heterocycles. The van der Waals surface area contributed by atoms with Gasteiger partial charge >= 0.3 is 5.97 Å². The van der Waals surface area contributed by atoms with Crippen LogP contribution in [-0.4, -0.2) is 72.4 Å². The van der Waals surface area contributed by atoms with E-state index in [0.717, 1.165) is 53.3 Å². The van der Waals surface area contributed by atoms with Crippen molar-refractivity contribution in [1.29, 1.82) is 5.26 Å². The minimum Gasteiger partial charge on any atom is -0.473 e. The summed E-state index contributed by atoms with van der Waals surface area (Å²) in [4.78, 5) is 26.3. The molecule has 0 spiro atoms. The van der Waals surface area contributed by atoms with Gasteiger partial charge < -0.3 is 23.7 Å². The highest BCUT2D eigenvalue weighted by Gasteiger charge is 2.23. The largest absolute Gasteiger partial charge is 0.473 e. The van der Waals surface area contributed by atoms with Crippen LogP contribution >= 0.6 is 15.9 Å². The van der Waals surface area contributed by atoms with E-state index in [1.807, 2.05) is 24.3 Å². The molecule has 0 saturated carbocycles. The lowest BCUT2D eigenvalue weighted by Gasteiger charge is -2.35. The van der Waals surface area contributed by atoms with Crippen LogP contribution in [0.2, 0.25) is 0 Å². The number of nitrogens with zero attached hydrogens (tertiary/aromatic N) is 6. The van der Waals surface area contributed by atoms with E-state index in [-0.39, 0.29) is 12.2 Å². The first-order valence-electron chi connectivity index (χ1n) is 13.4. The first-order chi connectivity index (χ1) is 20.4. The molecule has 218 valence electrons. The number of pyridine rings is 1. The summed E-state index contributed by atoms with van der Waals surface area (Å²) < 4.78 is 33.1. The fraction of sp³-hybridized carbons (Fsp3) is 0.333. The normalized spacial score (nSPS) is 13.7. The van der Waals surface area contributed by atoms with Crippen molar-refractivity contribution in [2.75, 3.05) is 51.9 Å². The van der Waals surface area contributed by atoms with Crippen molar-refractivity contribution < 1.29 is 23.4 Å². The fourth-order valence-electron chi connectivity index (χ4n) is 4.90. The lowest BCUT2D eigenvalue weighted by Crippen LogP contribution is -2.46. The van der Waals surface area contributed by atoms with Gasteiger partial charge in [-0.15, -0.1) is 0 Å². The third-order valence-corrected chi connectivity index (χ3v) is 7.76. The van der Waals surface area contributed by atoms with Crippen molar-refractivity contribution in [3.63, 3.8) is 0 Å². The van der Waals surface area contributed by atoms with Crippen molar-refractivity contribution in [1.82, 2.24) is 19.4 Å². The molecular formula is C30H30BrFN6O4. The lowest BCUT2D eigenvalue weighted by molar-refractivity contribution is 0.0600. The Morgan fingerprint density at radius 3 is 2.62 bits per heavy atom. The van der Waals surface area contributed by atoms with Crippen molar-refractivity contribution in [3.05, 3.63) is 81.3 Å².